The van der Waals surface area contributed by atoms with Crippen molar-refractivity contribution in [2.45, 2.75) is 24.7 Å². The minimum absolute atomic E-state index is 0.0731. The van der Waals surface area contributed by atoms with Crippen LogP contribution < -0.4 is 14.8 Å². The first-order valence-corrected chi connectivity index (χ1v) is 10.9. The van der Waals surface area contributed by atoms with Crippen LogP contribution in [0, 0.1) is 24.2 Å². The number of amides is 1. The molecule has 168 valence electrons. The number of thiol groups is 1. The van der Waals surface area contributed by atoms with Crippen LogP contribution in [-0.2, 0) is 20.9 Å². The predicted octanol–water partition coefficient (Wildman–Crippen LogP) is 4.23. The number of carbonyl (C=O) groups is 1. The summed E-state index contributed by atoms with van der Waals surface area (Å²) in [7, 11) is 1.56. The lowest BCUT2D eigenvalue weighted by atomic mass is 10.1. The van der Waals surface area contributed by atoms with E-state index in [4.69, 9.17) is 32.2 Å². The summed E-state index contributed by atoms with van der Waals surface area (Å²) in [5.41, 5.74) is 1.53. The molecular formula is C25H26ClNO4S. The Morgan fingerprint density at radius 1 is 1.16 bits per heavy atom. The number of carbonyl (C=O) groups excluding carboxylic acids is 1. The predicted molar refractivity (Wildman–Crippen MR) is 130 cm³/mol. The van der Waals surface area contributed by atoms with Gasteiger partial charge in [0.15, 0.2) is 11.5 Å². The van der Waals surface area contributed by atoms with Crippen LogP contribution >= 0.6 is 24.2 Å². The lowest BCUT2D eigenvalue weighted by molar-refractivity contribution is -0.135. The van der Waals surface area contributed by atoms with Gasteiger partial charge in [0.05, 0.1) is 7.11 Å². The van der Waals surface area contributed by atoms with E-state index in [0.717, 1.165) is 5.56 Å². The van der Waals surface area contributed by atoms with Crippen LogP contribution in [0.25, 0.3) is 0 Å². The average molecular weight is 472 g/mol. The Bertz CT molecular complexity index is 1010. The van der Waals surface area contributed by atoms with Crippen molar-refractivity contribution in [1.29, 1.82) is 0 Å². The second kappa shape index (κ2) is 12.9. The zero-order chi connectivity index (χ0) is 23.4. The molecule has 0 aromatic heterocycles. The van der Waals surface area contributed by atoms with Crippen molar-refractivity contribution in [3.05, 3.63) is 58.6 Å². The smallest absolute Gasteiger partial charge is 0.267 e. The third kappa shape index (κ3) is 7.14. The second-order valence-corrected chi connectivity index (χ2v) is 7.70. The number of rotatable bonds is 10. The van der Waals surface area contributed by atoms with Gasteiger partial charge >= 0.3 is 0 Å². The maximum atomic E-state index is 13.0. The fourth-order valence-corrected chi connectivity index (χ4v) is 3.24. The van der Waals surface area contributed by atoms with E-state index in [1.54, 1.807) is 37.4 Å². The van der Waals surface area contributed by atoms with Gasteiger partial charge in [0, 0.05) is 23.6 Å². The molecule has 0 radical (unpaired) electrons. The summed E-state index contributed by atoms with van der Waals surface area (Å²) in [6.07, 6.45) is 6.50. The number of benzene rings is 2. The topological polar surface area (TPSA) is 56.8 Å². The van der Waals surface area contributed by atoms with Gasteiger partial charge in [0.1, 0.15) is 13.2 Å². The summed E-state index contributed by atoms with van der Waals surface area (Å²) in [5, 5.41) is 3.45. The van der Waals surface area contributed by atoms with E-state index >= 15 is 0 Å². The Balaban J connectivity index is 2.08. The summed E-state index contributed by atoms with van der Waals surface area (Å²) in [4.78, 5) is 11.5. The molecule has 0 spiro atoms. The van der Waals surface area contributed by atoms with Crippen molar-refractivity contribution in [1.82, 2.24) is 5.32 Å². The minimum Gasteiger partial charge on any atom is -0.493 e. The van der Waals surface area contributed by atoms with E-state index < -0.39 is 4.93 Å². The standard InChI is InChI=1S/C25H26ClNO4S/c1-4-6-7-17-31-25(32,20-9-11-21(26)12-10-20)24(28)27-15-14-19-8-13-22(30-16-5-2)23(18-19)29-3/h2,8-13,18,32H,4,14-17H2,1,3H3,(H,27,28). The first-order valence-electron chi connectivity index (χ1n) is 10.0. The molecular weight excluding hydrogens is 446 g/mol. The molecule has 0 aliphatic carbocycles. The molecule has 2 aromatic carbocycles. The molecule has 0 saturated carbocycles. The summed E-state index contributed by atoms with van der Waals surface area (Å²) in [5.74, 6) is 8.97. The number of nitrogens with one attached hydrogen (secondary N) is 1. The molecule has 0 fully saturated rings. The van der Waals surface area contributed by atoms with Crippen molar-refractivity contribution < 1.29 is 19.0 Å². The first-order chi connectivity index (χ1) is 15.4. The molecule has 1 unspecified atom stereocenters. The molecule has 1 N–H and O–H groups in total. The highest BCUT2D eigenvalue weighted by Gasteiger charge is 2.37. The van der Waals surface area contributed by atoms with Crippen LogP contribution in [-0.4, -0.2) is 32.8 Å². The maximum absolute atomic E-state index is 13.0. The average Bonchev–Trinajstić information content (AvgIpc) is 2.81. The van der Waals surface area contributed by atoms with Gasteiger partial charge in [-0.05, 0) is 36.2 Å². The van der Waals surface area contributed by atoms with Gasteiger partial charge in [0.2, 0.25) is 4.93 Å². The summed E-state index contributed by atoms with van der Waals surface area (Å²) in [6.45, 7) is 2.54. The SMILES string of the molecule is C#CCOc1ccc(CCNC(=O)C(S)(OCC#CCC)c2ccc(Cl)cc2)cc1OC. The van der Waals surface area contributed by atoms with Crippen LogP contribution in [0.2, 0.25) is 5.02 Å². The molecule has 2 aromatic rings. The van der Waals surface area contributed by atoms with Crippen LogP contribution in [0.4, 0.5) is 0 Å². The van der Waals surface area contributed by atoms with E-state index in [2.05, 4.69) is 35.7 Å². The fourth-order valence-electron chi connectivity index (χ4n) is 2.82. The number of hydrogen-bond donors (Lipinski definition) is 2. The fraction of sp³-hybridized carbons (Fsp3) is 0.320. The molecule has 32 heavy (non-hydrogen) atoms. The zero-order valence-corrected chi connectivity index (χ0v) is 19.8. The van der Waals surface area contributed by atoms with Crippen molar-refractivity contribution in [2.75, 3.05) is 26.9 Å². The number of hydrogen-bond acceptors (Lipinski definition) is 5. The van der Waals surface area contributed by atoms with Crippen molar-refractivity contribution in [3.63, 3.8) is 0 Å². The van der Waals surface area contributed by atoms with Crippen LogP contribution in [0.15, 0.2) is 42.5 Å². The van der Waals surface area contributed by atoms with Gasteiger partial charge in [0.25, 0.3) is 5.91 Å². The molecule has 0 aliphatic rings. The van der Waals surface area contributed by atoms with Gasteiger partial charge in [-0.3, -0.25) is 4.79 Å². The van der Waals surface area contributed by atoms with Gasteiger partial charge in [-0.25, -0.2) is 0 Å². The Morgan fingerprint density at radius 2 is 1.91 bits per heavy atom. The third-order valence-electron chi connectivity index (χ3n) is 4.44. The molecule has 2 rings (SSSR count). The third-order valence-corrected chi connectivity index (χ3v) is 5.28. The quantitative estimate of drug-likeness (QED) is 0.309. The molecule has 0 heterocycles. The Labute approximate surface area is 200 Å². The van der Waals surface area contributed by atoms with E-state index in [9.17, 15) is 4.79 Å². The van der Waals surface area contributed by atoms with Gasteiger partial charge in [-0.2, -0.15) is 0 Å². The zero-order valence-electron chi connectivity index (χ0n) is 18.1. The molecule has 0 aliphatic heterocycles. The second-order valence-electron chi connectivity index (χ2n) is 6.63. The van der Waals surface area contributed by atoms with E-state index in [-0.39, 0.29) is 19.1 Å². The highest BCUT2D eigenvalue weighted by atomic mass is 35.5. The maximum Gasteiger partial charge on any atom is 0.267 e. The number of terminal acetylenes is 1. The van der Waals surface area contributed by atoms with Gasteiger partial charge in [-0.15, -0.1) is 25.0 Å². The molecule has 5 nitrogen and oxygen atoms in total. The summed E-state index contributed by atoms with van der Waals surface area (Å²) in [6, 6.07) is 12.3. The number of methoxy groups -OCH3 is 1. The van der Waals surface area contributed by atoms with Crippen molar-refractivity contribution >= 4 is 30.1 Å². The normalized spacial score (nSPS) is 12.0. The minimum atomic E-state index is -1.50. The summed E-state index contributed by atoms with van der Waals surface area (Å²) < 4.78 is 16.6. The van der Waals surface area contributed by atoms with Crippen LogP contribution in [0.5, 0.6) is 11.5 Å². The number of halogens is 1. The monoisotopic (exact) mass is 471 g/mol. The van der Waals surface area contributed by atoms with Crippen LogP contribution in [0.1, 0.15) is 24.5 Å². The van der Waals surface area contributed by atoms with Crippen LogP contribution in [0.3, 0.4) is 0 Å². The van der Waals surface area contributed by atoms with Gasteiger partial charge in [-0.1, -0.05) is 48.6 Å². The van der Waals surface area contributed by atoms with Gasteiger partial charge < -0.3 is 19.5 Å². The largest absolute Gasteiger partial charge is 0.493 e. The lowest BCUT2D eigenvalue weighted by Crippen LogP contribution is -2.43. The summed E-state index contributed by atoms with van der Waals surface area (Å²) >= 11 is 10.6. The molecule has 0 saturated heterocycles. The van der Waals surface area contributed by atoms with E-state index in [1.807, 2.05) is 19.1 Å². The van der Waals surface area contributed by atoms with E-state index in [1.165, 1.54) is 0 Å². The van der Waals surface area contributed by atoms with Crippen molar-refractivity contribution in [3.8, 4) is 35.7 Å². The highest BCUT2D eigenvalue weighted by Crippen LogP contribution is 2.32. The molecule has 1 atom stereocenters. The first kappa shape index (κ1) is 25.5. The molecule has 0 bridgehead atoms. The molecule has 7 heteroatoms. The Kier molecular flexibility index (Phi) is 10.3. The molecule has 1 amide bonds. The lowest BCUT2D eigenvalue weighted by Gasteiger charge is -2.27. The number of ether oxygens (including phenoxy) is 3. The Morgan fingerprint density at radius 3 is 2.56 bits per heavy atom. The van der Waals surface area contributed by atoms with E-state index in [0.29, 0.717) is 41.5 Å². The highest BCUT2D eigenvalue weighted by molar-refractivity contribution is 7.82. The Hall–Kier alpha value is -2.77. The van der Waals surface area contributed by atoms with Crippen molar-refractivity contribution in [2.24, 2.45) is 0 Å².